The largest absolute Gasteiger partial charge is 0.293 e. The highest BCUT2D eigenvalue weighted by atomic mass is 127. The number of nitriles is 1. The fourth-order valence-corrected chi connectivity index (χ4v) is 10.6. The lowest BCUT2D eigenvalue weighted by Crippen LogP contribution is -2.59. The summed E-state index contributed by atoms with van der Waals surface area (Å²) in [5.74, 6) is 1.16. The zero-order valence-corrected chi connectivity index (χ0v) is 23.7. The predicted molar refractivity (Wildman–Crippen MR) is 143 cm³/mol. The van der Waals surface area contributed by atoms with E-state index >= 15 is 0 Å². The maximum atomic E-state index is 13.1. The quantitative estimate of drug-likeness (QED) is 0.281. The van der Waals surface area contributed by atoms with Gasteiger partial charge in [-0.15, -0.1) is 0 Å². The Labute approximate surface area is 214 Å². The molecule has 3 fully saturated rings. The monoisotopic (exact) mass is 557 g/mol. The van der Waals surface area contributed by atoms with E-state index in [0.29, 0.717) is 23.0 Å². The summed E-state index contributed by atoms with van der Waals surface area (Å²) in [6, 6.07) is 2.68. The van der Waals surface area contributed by atoms with Crippen LogP contribution >= 0.6 is 22.6 Å². The maximum absolute atomic E-state index is 13.1. The molecule has 5 rings (SSSR count). The number of carbonyl (C=O) groups is 1. The smallest absolute Gasteiger partial charge is 0.174 e. The minimum atomic E-state index is -0.323. The highest BCUT2D eigenvalue weighted by Crippen LogP contribution is 2.74. The van der Waals surface area contributed by atoms with Crippen LogP contribution in [-0.4, -0.2) is 5.78 Å². The van der Waals surface area contributed by atoms with Crippen LogP contribution in [0, 0.1) is 55.7 Å². The highest BCUT2D eigenvalue weighted by molar-refractivity contribution is 14.1. The second-order valence-corrected chi connectivity index (χ2v) is 15.0. The van der Waals surface area contributed by atoms with Gasteiger partial charge in [0.1, 0.15) is 0 Å². The van der Waals surface area contributed by atoms with Gasteiger partial charge in [-0.3, -0.25) is 4.79 Å². The first-order valence-corrected chi connectivity index (χ1v) is 14.0. The molecule has 2 nitrogen and oxygen atoms in total. The van der Waals surface area contributed by atoms with E-state index in [1.807, 2.05) is 0 Å². The molecule has 3 heteroatoms. The number of Topliss-reactive ketones (excluding diaryl/α,β-unsaturated/α-hetero) is 1. The maximum Gasteiger partial charge on any atom is 0.174 e. The van der Waals surface area contributed by atoms with E-state index in [9.17, 15) is 10.1 Å². The van der Waals surface area contributed by atoms with Crippen LogP contribution in [-0.2, 0) is 4.79 Å². The minimum Gasteiger partial charge on any atom is -0.293 e. The van der Waals surface area contributed by atoms with Crippen molar-refractivity contribution in [1.82, 2.24) is 0 Å². The fraction of sp³-hybridized carbons (Fsp3) is 0.733. The lowest BCUT2D eigenvalue weighted by Gasteiger charge is -2.67. The number of hydrogen-bond donors (Lipinski definition) is 0. The van der Waals surface area contributed by atoms with Gasteiger partial charge in [-0.05, 0) is 103 Å². The highest BCUT2D eigenvalue weighted by Gasteiger charge is 2.65. The lowest BCUT2D eigenvalue weighted by atomic mass is 9.37. The van der Waals surface area contributed by atoms with Crippen molar-refractivity contribution in [3.63, 3.8) is 0 Å². The SMILES string of the molecule is CC1(C)C(=O)C(I)=C[C@]2(C)C3=CC=C4[C@@H]5C[C@@](C)(C#N)CC[C@]5(C)CC[C@@]4(C)[C@]3(C)CC[C@@H]12. The van der Waals surface area contributed by atoms with Crippen molar-refractivity contribution in [1.29, 1.82) is 5.26 Å². The molecule has 0 amide bonds. The minimum absolute atomic E-state index is 0.0829. The van der Waals surface area contributed by atoms with Crippen molar-refractivity contribution < 1.29 is 4.79 Å². The van der Waals surface area contributed by atoms with Gasteiger partial charge in [0.25, 0.3) is 0 Å². The van der Waals surface area contributed by atoms with E-state index < -0.39 is 0 Å². The number of hydrogen-bond acceptors (Lipinski definition) is 2. The average molecular weight is 558 g/mol. The van der Waals surface area contributed by atoms with Gasteiger partial charge in [0.15, 0.2) is 5.78 Å². The van der Waals surface area contributed by atoms with Crippen molar-refractivity contribution in [3.05, 3.63) is 33.0 Å². The normalized spacial score (nSPS) is 50.4. The van der Waals surface area contributed by atoms with E-state index in [4.69, 9.17) is 0 Å². The van der Waals surface area contributed by atoms with Crippen molar-refractivity contribution in [3.8, 4) is 6.07 Å². The first-order chi connectivity index (χ1) is 15.2. The Bertz CT molecular complexity index is 1070. The summed E-state index contributed by atoms with van der Waals surface area (Å²) in [5, 5.41) is 9.97. The van der Waals surface area contributed by atoms with Gasteiger partial charge < -0.3 is 0 Å². The third-order valence-electron chi connectivity index (χ3n) is 11.8. The molecule has 0 radical (unpaired) electrons. The summed E-state index contributed by atoms with van der Waals surface area (Å²) in [4.78, 5) is 13.1. The topological polar surface area (TPSA) is 40.9 Å². The van der Waals surface area contributed by atoms with Crippen LogP contribution in [0.1, 0.15) is 93.4 Å². The summed E-state index contributed by atoms with van der Waals surface area (Å²) >= 11 is 2.29. The second kappa shape index (κ2) is 6.86. The molecule has 3 saturated carbocycles. The van der Waals surface area contributed by atoms with Crippen molar-refractivity contribution in [2.75, 3.05) is 0 Å². The van der Waals surface area contributed by atoms with Crippen LogP contribution in [0.4, 0.5) is 0 Å². The van der Waals surface area contributed by atoms with Gasteiger partial charge in [-0.1, -0.05) is 70.9 Å². The average Bonchev–Trinajstić information content (AvgIpc) is 2.74. The van der Waals surface area contributed by atoms with E-state index in [-0.39, 0.29) is 27.1 Å². The zero-order chi connectivity index (χ0) is 24.2. The molecule has 33 heavy (non-hydrogen) atoms. The molecule has 0 heterocycles. The van der Waals surface area contributed by atoms with E-state index in [2.05, 4.69) is 95.4 Å². The lowest BCUT2D eigenvalue weighted by molar-refractivity contribution is -0.131. The summed E-state index contributed by atoms with van der Waals surface area (Å²) < 4.78 is 0.912. The third kappa shape index (κ3) is 2.85. The van der Waals surface area contributed by atoms with Crippen LogP contribution < -0.4 is 0 Å². The molecule has 0 bridgehead atoms. The van der Waals surface area contributed by atoms with Crippen LogP contribution in [0.2, 0.25) is 0 Å². The molecule has 0 unspecified atom stereocenters. The Kier molecular flexibility index (Phi) is 4.96. The molecule has 0 aliphatic heterocycles. The Morgan fingerprint density at radius 3 is 2.27 bits per heavy atom. The molecule has 0 aromatic heterocycles. The summed E-state index contributed by atoms with van der Waals surface area (Å²) in [6.45, 7) is 16.5. The number of nitrogens with zero attached hydrogens (tertiary/aromatic N) is 1. The molecular formula is C30H40INO. The molecule has 5 aliphatic carbocycles. The zero-order valence-electron chi connectivity index (χ0n) is 21.6. The molecular weight excluding hydrogens is 517 g/mol. The number of allylic oxidation sites excluding steroid dienone is 6. The van der Waals surface area contributed by atoms with Gasteiger partial charge in [-0.2, -0.15) is 5.26 Å². The van der Waals surface area contributed by atoms with E-state index in [1.54, 1.807) is 11.1 Å². The van der Waals surface area contributed by atoms with Crippen molar-refractivity contribution >= 4 is 28.4 Å². The Hall–Kier alpha value is -0.890. The third-order valence-corrected chi connectivity index (χ3v) is 12.6. The second-order valence-electron chi connectivity index (χ2n) is 13.9. The number of fused-ring (bicyclic) bond motifs is 7. The molecule has 0 aromatic carbocycles. The van der Waals surface area contributed by atoms with Gasteiger partial charge in [0.2, 0.25) is 0 Å². The Morgan fingerprint density at radius 1 is 0.939 bits per heavy atom. The van der Waals surface area contributed by atoms with Crippen LogP contribution in [0.5, 0.6) is 0 Å². The first kappa shape index (κ1) is 23.8. The number of halogens is 1. The van der Waals surface area contributed by atoms with Crippen molar-refractivity contribution in [2.45, 2.75) is 93.4 Å². The molecule has 178 valence electrons. The Morgan fingerprint density at radius 2 is 1.61 bits per heavy atom. The summed E-state index contributed by atoms with van der Waals surface area (Å²) in [7, 11) is 0. The predicted octanol–water partition coefficient (Wildman–Crippen LogP) is 8.34. The number of carbonyl (C=O) groups excluding carboxylic acids is 1. The summed E-state index contributed by atoms with van der Waals surface area (Å²) in [6.07, 6.45) is 15.2. The molecule has 0 N–H and O–H groups in total. The Balaban J connectivity index is 1.68. The molecule has 5 aliphatic rings. The van der Waals surface area contributed by atoms with Gasteiger partial charge in [0.05, 0.1) is 15.1 Å². The fourth-order valence-electron chi connectivity index (χ4n) is 9.22. The number of rotatable bonds is 0. The van der Waals surface area contributed by atoms with Crippen molar-refractivity contribution in [2.24, 2.45) is 44.3 Å². The molecule has 7 atom stereocenters. The van der Waals surface area contributed by atoms with Gasteiger partial charge in [-0.25, -0.2) is 0 Å². The van der Waals surface area contributed by atoms with Gasteiger partial charge in [0, 0.05) is 10.8 Å². The number of ketones is 1. The van der Waals surface area contributed by atoms with E-state index in [1.165, 1.54) is 19.3 Å². The molecule has 0 saturated heterocycles. The van der Waals surface area contributed by atoms with Gasteiger partial charge >= 0.3 is 0 Å². The van der Waals surface area contributed by atoms with Crippen LogP contribution in [0.3, 0.4) is 0 Å². The van der Waals surface area contributed by atoms with Crippen LogP contribution in [0.25, 0.3) is 0 Å². The molecule has 0 aromatic rings. The molecule has 0 spiro atoms. The van der Waals surface area contributed by atoms with Crippen LogP contribution in [0.15, 0.2) is 33.0 Å². The first-order valence-electron chi connectivity index (χ1n) is 12.9. The standard InChI is InChI=1S/C30H40INO/c1-25(2)22-10-11-30(7)23(28(22,5)17-21(31)24(25)33)9-8-19-20-16-26(3,18-32)12-13-27(20,4)14-15-29(19,30)6/h8-9,17,20,22H,10-16H2,1-7H3/t20-,22-,26-,27+,28-,29+,30+/m0/s1. The summed E-state index contributed by atoms with van der Waals surface area (Å²) in [5.41, 5.74) is 3.09. The van der Waals surface area contributed by atoms with E-state index in [0.717, 1.165) is 29.3 Å².